The van der Waals surface area contributed by atoms with E-state index in [1.54, 1.807) is 18.0 Å². The van der Waals surface area contributed by atoms with Crippen molar-refractivity contribution in [1.29, 1.82) is 0 Å². The number of nitrogens with zero attached hydrogens (tertiary/aromatic N) is 3. The van der Waals surface area contributed by atoms with Crippen molar-refractivity contribution in [1.82, 2.24) is 10.4 Å². The summed E-state index contributed by atoms with van der Waals surface area (Å²) < 4.78 is 0. The highest BCUT2D eigenvalue weighted by atomic mass is 32.2. The lowest BCUT2D eigenvalue weighted by Crippen LogP contribution is -2.28. The SMILES string of the molecule is CC(C)(C)N=C1NN=C(c2ccc(-c3cccnc3)cc2)CS1. The van der Waals surface area contributed by atoms with Crippen LogP contribution in [0.15, 0.2) is 58.9 Å². The lowest BCUT2D eigenvalue weighted by molar-refractivity contribution is 0.582. The van der Waals surface area contributed by atoms with Gasteiger partial charge in [-0.25, -0.2) is 0 Å². The quantitative estimate of drug-likeness (QED) is 0.910. The van der Waals surface area contributed by atoms with Gasteiger partial charge in [-0.3, -0.25) is 15.4 Å². The molecule has 0 atom stereocenters. The Morgan fingerprint density at radius 3 is 2.35 bits per heavy atom. The smallest absolute Gasteiger partial charge is 0.178 e. The molecule has 2 heterocycles. The summed E-state index contributed by atoms with van der Waals surface area (Å²) in [5.74, 6) is 0.828. The number of benzene rings is 1. The van der Waals surface area contributed by atoms with E-state index in [1.165, 1.54) is 0 Å². The van der Waals surface area contributed by atoms with Crippen molar-refractivity contribution in [3.8, 4) is 11.1 Å². The van der Waals surface area contributed by atoms with Crippen LogP contribution in [0.1, 0.15) is 26.3 Å². The molecule has 23 heavy (non-hydrogen) atoms. The number of hydrogen-bond donors (Lipinski definition) is 1. The van der Waals surface area contributed by atoms with Crippen molar-refractivity contribution < 1.29 is 0 Å². The van der Waals surface area contributed by atoms with Gasteiger partial charge in [0.1, 0.15) is 0 Å². The van der Waals surface area contributed by atoms with Crippen molar-refractivity contribution in [2.45, 2.75) is 26.3 Å². The van der Waals surface area contributed by atoms with Crippen molar-refractivity contribution in [3.63, 3.8) is 0 Å². The summed E-state index contributed by atoms with van der Waals surface area (Å²) in [4.78, 5) is 8.77. The van der Waals surface area contributed by atoms with Crippen LogP contribution in [0.25, 0.3) is 11.1 Å². The average Bonchev–Trinajstić information content (AvgIpc) is 2.55. The number of rotatable bonds is 2. The van der Waals surface area contributed by atoms with Crippen LogP contribution in [0.2, 0.25) is 0 Å². The molecule has 1 aliphatic heterocycles. The lowest BCUT2D eigenvalue weighted by atomic mass is 10.0. The van der Waals surface area contributed by atoms with Gasteiger partial charge in [0.25, 0.3) is 0 Å². The normalized spacial score (nSPS) is 16.8. The van der Waals surface area contributed by atoms with Crippen LogP contribution in [0.3, 0.4) is 0 Å². The molecular formula is C18H20N4S. The predicted octanol–water partition coefficient (Wildman–Crippen LogP) is 3.94. The zero-order valence-electron chi connectivity index (χ0n) is 13.6. The summed E-state index contributed by atoms with van der Waals surface area (Å²) >= 11 is 1.69. The molecule has 118 valence electrons. The molecule has 0 saturated heterocycles. The third-order valence-corrected chi connectivity index (χ3v) is 4.16. The Morgan fingerprint density at radius 1 is 1.04 bits per heavy atom. The van der Waals surface area contributed by atoms with Crippen LogP contribution in [0, 0.1) is 0 Å². The first-order valence-corrected chi connectivity index (χ1v) is 8.56. The first-order chi connectivity index (χ1) is 11.0. The van der Waals surface area contributed by atoms with E-state index in [0.717, 1.165) is 33.3 Å². The highest BCUT2D eigenvalue weighted by Gasteiger charge is 2.16. The second-order valence-electron chi connectivity index (χ2n) is 6.37. The summed E-state index contributed by atoms with van der Waals surface area (Å²) in [7, 11) is 0. The van der Waals surface area contributed by atoms with Gasteiger partial charge >= 0.3 is 0 Å². The Bertz CT molecular complexity index is 728. The van der Waals surface area contributed by atoms with Crippen LogP contribution in [0.4, 0.5) is 0 Å². The van der Waals surface area contributed by atoms with E-state index >= 15 is 0 Å². The second kappa shape index (κ2) is 6.54. The molecule has 1 aliphatic rings. The van der Waals surface area contributed by atoms with E-state index in [0.29, 0.717) is 0 Å². The van der Waals surface area contributed by atoms with Crippen molar-refractivity contribution in [2.75, 3.05) is 5.75 Å². The third-order valence-electron chi connectivity index (χ3n) is 3.28. The lowest BCUT2D eigenvalue weighted by Gasteiger charge is -2.19. The zero-order chi connectivity index (χ0) is 16.3. The first kappa shape index (κ1) is 15.7. The Balaban J connectivity index is 1.75. The summed E-state index contributed by atoms with van der Waals surface area (Å²) in [6.07, 6.45) is 3.66. The maximum Gasteiger partial charge on any atom is 0.178 e. The van der Waals surface area contributed by atoms with Gasteiger partial charge in [0.2, 0.25) is 0 Å². The number of thioether (sulfide) groups is 1. The Morgan fingerprint density at radius 2 is 1.78 bits per heavy atom. The molecule has 1 aromatic heterocycles. The molecule has 0 amide bonds. The number of aromatic nitrogens is 1. The van der Waals surface area contributed by atoms with E-state index in [-0.39, 0.29) is 5.54 Å². The Labute approximate surface area is 141 Å². The standard InChI is InChI=1S/C18H20N4S/c1-18(2,3)20-17-22-21-16(12-23-17)14-8-6-13(7-9-14)15-5-4-10-19-11-15/h4-11H,12H2,1-3H3,(H,20,22). The number of nitrogens with one attached hydrogen (secondary N) is 1. The van der Waals surface area contributed by atoms with E-state index < -0.39 is 0 Å². The molecule has 1 N–H and O–H groups in total. The molecule has 0 saturated carbocycles. The van der Waals surface area contributed by atoms with Crippen LogP contribution < -0.4 is 5.43 Å². The molecule has 0 radical (unpaired) electrons. The molecule has 0 aliphatic carbocycles. The molecule has 4 nitrogen and oxygen atoms in total. The molecular weight excluding hydrogens is 304 g/mol. The molecule has 2 aromatic rings. The number of hydrazone groups is 1. The van der Waals surface area contributed by atoms with Gasteiger partial charge in [0.15, 0.2) is 5.17 Å². The zero-order valence-corrected chi connectivity index (χ0v) is 14.4. The van der Waals surface area contributed by atoms with Gasteiger partial charge in [-0.1, -0.05) is 42.1 Å². The molecule has 0 fully saturated rings. The fraction of sp³-hybridized carbons (Fsp3) is 0.278. The first-order valence-electron chi connectivity index (χ1n) is 7.57. The monoisotopic (exact) mass is 324 g/mol. The third kappa shape index (κ3) is 4.20. The van der Waals surface area contributed by atoms with Crippen LogP contribution in [0.5, 0.6) is 0 Å². The van der Waals surface area contributed by atoms with Gasteiger partial charge < -0.3 is 0 Å². The van der Waals surface area contributed by atoms with E-state index in [4.69, 9.17) is 0 Å². The van der Waals surface area contributed by atoms with Crippen LogP contribution in [-0.2, 0) is 0 Å². The highest BCUT2D eigenvalue weighted by molar-refractivity contribution is 8.14. The van der Waals surface area contributed by atoms with E-state index in [1.807, 2.05) is 12.3 Å². The molecule has 0 unspecified atom stereocenters. The van der Waals surface area contributed by atoms with Crippen molar-refractivity contribution >= 4 is 22.6 Å². The summed E-state index contributed by atoms with van der Waals surface area (Å²) in [5, 5.41) is 5.35. The number of amidine groups is 1. The molecule has 5 heteroatoms. The Kier molecular flexibility index (Phi) is 4.48. The van der Waals surface area contributed by atoms with Gasteiger partial charge in [-0.2, -0.15) is 5.10 Å². The Hall–Kier alpha value is -2.14. The van der Waals surface area contributed by atoms with Gasteiger partial charge in [-0.05, 0) is 43.5 Å². The van der Waals surface area contributed by atoms with Gasteiger partial charge in [0, 0.05) is 18.1 Å². The fourth-order valence-corrected chi connectivity index (χ4v) is 3.17. The number of aliphatic imine (C=N–C) groups is 1. The molecule has 1 aromatic carbocycles. The minimum Gasteiger partial charge on any atom is -0.264 e. The second-order valence-corrected chi connectivity index (χ2v) is 7.33. The van der Waals surface area contributed by atoms with Gasteiger partial charge in [0.05, 0.1) is 11.3 Å². The number of pyridine rings is 1. The van der Waals surface area contributed by atoms with Crippen molar-refractivity contribution in [3.05, 3.63) is 54.4 Å². The maximum absolute atomic E-state index is 4.60. The minimum atomic E-state index is -0.0896. The van der Waals surface area contributed by atoms with Crippen molar-refractivity contribution in [2.24, 2.45) is 10.1 Å². The number of hydrogen-bond acceptors (Lipinski definition) is 4. The van der Waals surface area contributed by atoms with E-state index in [2.05, 4.69) is 71.6 Å². The average molecular weight is 324 g/mol. The largest absolute Gasteiger partial charge is 0.264 e. The topological polar surface area (TPSA) is 49.6 Å². The highest BCUT2D eigenvalue weighted by Crippen LogP contribution is 2.21. The fourth-order valence-electron chi connectivity index (χ4n) is 2.21. The summed E-state index contributed by atoms with van der Waals surface area (Å²) in [6, 6.07) is 12.4. The molecule has 0 spiro atoms. The van der Waals surface area contributed by atoms with Crippen LogP contribution in [-0.4, -0.2) is 27.2 Å². The predicted molar refractivity (Wildman–Crippen MR) is 99.0 cm³/mol. The summed E-state index contributed by atoms with van der Waals surface area (Å²) in [5.41, 5.74) is 7.43. The molecule has 0 bridgehead atoms. The maximum atomic E-state index is 4.60. The van der Waals surface area contributed by atoms with Gasteiger partial charge in [-0.15, -0.1) is 0 Å². The molecule has 3 rings (SSSR count). The van der Waals surface area contributed by atoms with Crippen LogP contribution >= 0.6 is 11.8 Å². The van der Waals surface area contributed by atoms with E-state index in [9.17, 15) is 0 Å². The summed E-state index contributed by atoms with van der Waals surface area (Å²) in [6.45, 7) is 6.25. The minimum absolute atomic E-state index is 0.0896.